The highest BCUT2D eigenvalue weighted by Gasteiger charge is 2.26. The van der Waals surface area contributed by atoms with E-state index >= 15 is 0 Å². The number of ether oxygens (including phenoxy) is 2. The molecular formula is C23H26N2O3. The van der Waals surface area contributed by atoms with E-state index in [9.17, 15) is 4.79 Å². The molecule has 3 aromatic rings. The summed E-state index contributed by atoms with van der Waals surface area (Å²) in [4.78, 5) is 18.3. The Balaban J connectivity index is 1.45. The van der Waals surface area contributed by atoms with Crippen molar-refractivity contribution in [2.24, 2.45) is 0 Å². The average Bonchev–Trinajstić information content (AvgIpc) is 3.18. The number of carbonyl (C=O) groups is 1. The molecule has 2 aromatic carbocycles. The number of rotatable bonds is 5. The zero-order valence-corrected chi connectivity index (χ0v) is 16.4. The van der Waals surface area contributed by atoms with E-state index in [2.05, 4.69) is 35.4 Å². The van der Waals surface area contributed by atoms with E-state index in [1.807, 2.05) is 24.0 Å². The fraction of sp³-hybridized carbons (Fsp3) is 0.348. The van der Waals surface area contributed by atoms with Gasteiger partial charge in [-0.2, -0.15) is 0 Å². The molecule has 1 aromatic heterocycles. The van der Waals surface area contributed by atoms with Crippen LogP contribution >= 0.6 is 0 Å². The van der Waals surface area contributed by atoms with E-state index in [1.165, 1.54) is 16.5 Å². The number of H-pyrrole nitrogens is 1. The fourth-order valence-corrected chi connectivity index (χ4v) is 4.08. The second kappa shape index (κ2) is 7.97. The van der Waals surface area contributed by atoms with E-state index < -0.39 is 0 Å². The van der Waals surface area contributed by atoms with Gasteiger partial charge in [0.15, 0.2) is 11.5 Å². The summed E-state index contributed by atoms with van der Waals surface area (Å²) in [5.41, 5.74) is 3.19. The standard InChI is InChI=1S/C23H26N2O3/c1-3-28-21-9-8-17(14-22(21)27-2)23(26)25-12-10-16(11-13-25)19-15-24-20-7-5-4-6-18(19)20/h4-9,14-16,24H,3,10-13H2,1-2H3. The number of para-hydroxylation sites is 1. The number of nitrogens with one attached hydrogen (secondary N) is 1. The highest BCUT2D eigenvalue weighted by Crippen LogP contribution is 2.34. The molecule has 4 rings (SSSR count). The number of piperidine rings is 1. The van der Waals surface area contributed by atoms with E-state index in [1.54, 1.807) is 13.2 Å². The van der Waals surface area contributed by atoms with Crippen LogP contribution in [-0.4, -0.2) is 42.6 Å². The number of carbonyl (C=O) groups excluding carboxylic acids is 1. The third-order valence-electron chi connectivity index (χ3n) is 5.55. The molecule has 0 saturated carbocycles. The predicted molar refractivity (Wildman–Crippen MR) is 110 cm³/mol. The number of fused-ring (bicyclic) bond motifs is 1. The maximum Gasteiger partial charge on any atom is 0.253 e. The summed E-state index contributed by atoms with van der Waals surface area (Å²) >= 11 is 0. The van der Waals surface area contributed by atoms with Crippen molar-refractivity contribution in [1.82, 2.24) is 9.88 Å². The first-order chi connectivity index (χ1) is 13.7. The number of hydrogen-bond acceptors (Lipinski definition) is 3. The molecule has 28 heavy (non-hydrogen) atoms. The molecule has 1 aliphatic rings. The molecule has 2 heterocycles. The van der Waals surface area contributed by atoms with Crippen LogP contribution in [0.15, 0.2) is 48.7 Å². The largest absolute Gasteiger partial charge is 0.493 e. The first-order valence-corrected chi connectivity index (χ1v) is 9.87. The summed E-state index contributed by atoms with van der Waals surface area (Å²) in [5, 5.41) is 1.29. The van der Waals surface area contributed by atoms with Crippen molar-refractivity contribution in [3.8, 4) is 11.5 Å². The summed E-state index contributed by atoms with van der Waals surface area (Å²) < 4.78 is 10.9. The molecule has 0 aliphatic carbocycles. The number of benzene rings is 2. The van der Waals surface area contributed by atoms with Gasteiger partial charge in [0.25, 0.3) is 5.91 Å². The molecule has 1 amide bonds. The number of aromatic nitrogens is 1. The van der Waals surface area contributed by atoms with Gasteiger partial charge in [0.05, 0.1) is 13.7 Å². The van der Waals surface area contributed by atoms with Crippen LogP contribution in [-0.2, 0) is 0 Å². The van der Waals surface area contributed by atoms with Gasteiger partial charge < -0.3 is 19.4 Å². The van der Waals surface area contributed by atoms with Crippen molar-refractivity contribution in [1.29, 1.82) is 0 Å². The highest BCUT2D eigenvalue weighted by molar-refractivity contribution is 5.95. The van der Waals surface area contributed by atoms with E-state index in [-0.39, 0.29) is 5.91 Å². The molecule has 0 radical (unpaired) electrons. The smallest absolute Gasteiger partial charge is 0.253 e. The lowest BCUT2D eigenvalue weighted by atomic mass is 9.89. The van der Waals surface area contributed by atoms with Crippen molar-refractivity contribution in [2.45, 2.75) is 25.7 Å². The predicted octanol–water partition coefficient (Wildman–Crippen LogP) is 4.60. The van der Waals surface area contributed by atoms with Crippen LogP contribution in [0.2, 0.25) is 0 Å². The van der Waals surface area contributed by atoms with Gasteiger partial charge in [0.1, 0.15) is 0 Å². The topological polar surface area (TPSA) is 54.6 Å². The quantitative estimate of drug-likeness (QED) is 0.706. The van der Waals surface area contributed by atoms with E-state index in [4.69, 9.17) is 9.47 Å². The van der Waals surface area contributed by atoms with Crippen molar-refractivity contribution >= 4 is 16.8 Å². The SMILES string of the molecule is CCOc1ccc(C(=O)N2CCC(c3c[nH]c4ccccc34)CC2)cc1OC. The molecule has 1 aliphatic heterocycles. The number of hydrogen-bond donors (Lipinski definition) is 1. The lowest BCUT2D eigenvalue weighted by Gasteiger charge is -2.32. The maximum absolute atomic E-state index is 13.0. The van der Waals surface area contributed by atoms with Crippen LogP contribution in [0.5, 0.6) is 11.5 Å². The second-order valence-electron chi connectivity index (χ2n) is 7.15. The summed E-state index contributed by atoms with van der Waals surface area (Å²) in [6, 6.07) is 13.8. The Morgan fingerprint density at radius 1 is 1.14 bits per heavy atom. The number of nitrogens with zero attached hydrogens (tertiary/aromatic N) is 1. The Hall–Kier alpha value is -2.95. The van der Waals surface area contributed by atoms with E-state index in [0.29, 0.717) is 29.6 Å². The normalized spacial score (nSPS) is 15.0. The Kier molecular flexibility index (Phi) is 5.24. The zero-order chi connectivity index (χ0) is 19.5. The Bertz CT molecular complexity index is 971. The van der Waals surface area contributed by atoms with Gasteiger partial charge in [-0.15, -0.1) is 0 Å². The number of aromatic amines is 1. The fourth-order valence-electron chi connectivity index (χ4n) is 4.08. The molecule has 0 unspecified atom stereocenters. The average molecular weight is 378 g/mol. The van der Waals surface area contributed by atoms with Gasteiger partial charge in [0, 0.05) is 35.8 Å². The molecule has 1 fully saturated rings. The van der Waals surface area contributed by atoms with Crippen molar-refractivity contribution in [3.63, 3.8) is 0 Å². The van der Waals surface area contributed by atoms with Gasteiger partial charge in [0.2, 0.25) is 0 Å². The number of likely N-dealkylation sites (tertiary alicyclic amines) is 1. The minimum Gasteiger partial charge on any atom is -0.493 e. The van der Waals surface area contributed by atoms with Crippen LogP contribution in [0, 0.1) is 0 Å². The molecule has 0 atom stereocenters. The Morgan fingerprint density at radius 3 is 2.68 bits per heavy atom. The Labute approximate surface area is 165 Å². The minimum atomic E-state index is 0.0544. The summed E-state index contributed by atoms with van der Waals surface area (Å²) in [6.45, 7) is 4.01. The van der Waals surface area contributed by atoms with Crippen molar-refractivity contribution in [3.05, 3.63) is 59.8 Å². The molecular weight excluding hydrogens is 352 g/mol. The summed E-state index contributed by atoms with van der Waals surface area (Å²) in [5.74, 6) is 1.80. The summed E-state index contributed by atoms with van der Waals surface area (Å²) in [6.07, 6.45) is 4.08. The molecule has 0 bridgehead atoms. The van der Waals surface area contributed by atoms with Crippen molar-refractivity contribution < 1.29 is 14.3 Å². The third-order valence-corrected chi connectivity index (χ3v) is 5.55. The van der Waals surface area contributed by atoms with Gasteiger partial charge in [-0.05, 0) is 55.5 Å². The molecule has 0 spiro atoms. The third kappa shape index (κ3) is 3.44. The highest BCUT2D eigenvalue weighted by atomic mass is 16.5. The van der Waals surface area contributed by atoms with Gasteiger partial charge in [-0.25, -0.2) is 0 Å². The summed E-state index contributed by atoms with van der Waals surface area (Å²) in [7, 11) is 1.60. The first-order valence-electron chi connectivity index (χ1n) is 9.87. The number of methoxy groups -OCH3 is 1. The first kappa shape index (κ1) is 18.4. The molecule has 5 nitrogen and oxygen atoms in total. The van der Waals surface area contributed by atoms with Crippen LogP contribution < -0.4 is 9.47 Å². The minimum absolute atomic E-state index is 0.0544. The van der Waals surface area contributed by atoms with Crippen LogP contribution in [0.25, 0.3) is 10.9 Å². The second-order valence-corrected chi connectivity index (χ2v) is 7.15. The monoisotopic (exact) mass is 378 g/mol. The molecule has 5 heteroatoms. The number of amides is 1. The van der Waals surface area contributed by atoms with Gasteiger partial charge >= 0.3 is 0 Å². The van der Waals surface area contributed by atoms with Crippen LogP contribution in [0.4, 0.5) is 0 Å². The molecule has 1 saturated heterocycles. The molecule has 146 valence electrons. The lowest BCUT2D eigenvalue weighted by molar-refractivity contribution is 0.0713. The Morgan fingerprint density at radius 2 is 1.93 bits per heavy atom. The van der Waals surface area contributed by atoms with Crippen LogP contribution in [0.1, 0.15) is 41.6 Å². The molecule has 1 N–H and O–H groups in total. The van der Waals surface area contributed by atoms with Gasteiger partial charge in [-0.3, -0.25) is 4.79 Å². The lowest BCUT2D eigenvalue weighted by Crippen LogP contribution is -2.37. The van der Waals surface area contributed by atoms with E-state index in [0.717, 1.165) is 25.9 Å². The maximum atomic E-state index is 13.0. The zero-order valence-electron chi connectivity index (χ0n) is 16.4. The van der Waals surface area contributed by atoms with Gasteiger partial charge in [-0.1, -0.05) is 18.2 Å². The van der Waals surface area contributed by atoms with Crippen molar-refractivity contribution in [2.75, 3.05) is 26.8 Å². The van der Waals surface area contributed by atoms with Crippen LogP contribution in [0.3, 0.4) is 0 Å².